The van der Waals surface area contributed by atoms with Crippen molar-refractivity contribution in [2.75, 3.05) is 13.2 Å². The van der Waals surface area contributed by atoms with Gasteiger partial charge in [-0.25, -0.2) is 0 Å². The van der Waals surface area contributed by atoms with Gasteiger partial charge in [-0.15, -0.1) is 0 Å². The average Bonchev–Trinajstić information content (AvgIpc) is 2.33. The monoisotopic (exact) mass is 279 g/mol. The number of hydrogen-bond donors (Lipinski definition) is 2. The van der Waals surface area contributed by atoms with Crippen LogP contribution in [0.4, 0.5) is 0 Å². The van der Waals surface area contributed by atoms with Gasteiger partial charge in [0.2, 0.25) is 0 Å². The van der Waals surface area contributed by atoms with E-state index in [1.165, 1.54) is 5.56 Å². The molecule has 0 heterocycles. The molecule has 0 aromatic heterocycles. The number of aliphatic hydroxyl groups is 1. The first kappa shape index (κ1) is 17.0. The molecule has 3 N–H and O–H groups in total. The number of ether oxygens (including phenoxy) is 1. The molecular weight excluding hydrogens is 250 g/mol. The summed E-state index contributed by atoms with van der Waals surface area (Å²) in [5.74, 6) is 0.831. The lowest BCUT2D eigenvalue weighted by atomic mass is 9.80. The van der Waals surface area contributed by atoms with E-state index in [1.54, 1.807) is 0 Å². The Balaban J connectivity index is 3.12. The predicted molar refractivity (Wildman–Crippen MR) is 84.4 cm³/mol. The Bertz CT molecular complexity index is 441. The molecule has 0 saturated carbocycles. The molecule has 0 amide bonds. The first-order valence-electron chi connectivity index (χ1n) is 7.21. The van der Waals surface area contributed by atoms with E-state index in [1.807, 2.05) is 6.07 Å². The van der Waals surface area contributed by atoms with Gasteiger partial charge in [0, 0.05) is 6.54 Å². The molecule has 1 atom stereocenters. The Morgan fingerprint density at radius 3 is 2.15 bits per heavy atom. The number of rotatable bonds is 4. The van der Waals surface area contributed by atoms with E-state index >= 15 is 0 Å². The number of nitrogens with two attached hydrogens (primary N) is 1. The fraction of sp³-hybridized carbons (Fsp3) is 0.647. The summed E-state index contributed by atoms with van der Waals surface area (Å²) in [7, 11) is 0. The molecule has 0 saturated heterocycles. The van der Waals surface area contributed by atoms with Gasteiger partial charge in [0.05, 0.1) is 0 Å². The zero-order chi connectivity index (χ0) is 15.6. The second-order valence-corrected chi connectivity index (χ2v) is 7.41. The van der Waals surface area contributed by atoms with Gasteiger partial charge < -0.3 is 15.6 Å². The average molecular weight is 279 g/mol. The summed E-state index contributed by atoms with van der Waals surface area (Å²) >= 11 is 0. The van der Waals surface area contributed by atoms with Crippen molar-refractivity contribution in [3.05, 3.63) is 29.3 Å². The molecule has 1 aromatic rings. The van der Waals surface area contributed by atoms with Gasteiger partial charge in [0.15, 0.2) is 0 Å². The van der Waals surface area contributed by atoms with E-state index in [9.17, 15) is 5.11 Å². The summed E-state index contributed by atoms with van der Waals surface area (Å²) in [6, 6.07) is 6.31. The van der Waals surface area contributed by atoms with Crippen molar-refractivity contribution >= 4 is 0 Å². The second kappa shape index (κ2) is 6.15. The first-order chi connectivity index (χ1) is 9.05. The molecule has 0 aliphatic carbocycles. The zero-order valence-electron chi connectivity index (χ0n) is 13.7. The molecule has 0 spiro atoms. The van der Waals surface area contributed by atoms with Crippen LogP contribution in [0.3, 0.4) is 0 Å². The Labute approximate surface area is 123 Å². The quantitative estimate of drug-likeness (QED) is 0.891. The summed E-state index contributed by atoms with van der Waals surface area (Å²) in [6.45, 7) is 13.6. The number of hydrogen-bond acceptors (Lipinski definition) is 3. The highest BCUT2D eigenvalue weighted by Gasteiger charge is 2.23. The van der Waals surface area contributed by atoms with Crippen LogP contribution in [-0.4, -0.2) is 24.4 Å². The third-order valence-corrected chi connectivity index (χ3v) is 3.36. The summed E-state index contributed by atoms with van der Waals surface area (Å²) < 4.78 is 5.75. The molecule has 20 heavy (non-hydrogen) atoms. The third kappa shape index (κ3) is 4.50. The molecule has 0 fully saturated rings. The summed E-state index contributed by atoms with van der Waals surface area (Å²) in [4.78, 5) is 0. The van der Waals surface area contributed by atoms with Crippen LogP contribution in [-0.2, 0) is 10.8 Å². The Hall–Kier alpha value is -1.06. The molecule has 0 radical (unpaired) electrons. The van der Waals surface area contributed by atoms with Crippen molar-refractivity contribution < 1.29 is 9.84 Å². The van der Waals surface area contributed by atoms with Crippen molar-refractivity contribution in [2.24, 2.45) is 5.73 Å². The molecule has 1 aromatic carbocycles. The van der Waals surface area contributed by atoms with E-state index in [4.69, 9.17) is 10.5 Å². The minimum Gasteiger partial charge on any atom is -0.491 e. The lowest BCUT2D eigenvalue weighted by Gasteiger charge is -2.27. The van der Waals surface area contributed by atoms with E-state index < -0.39 is 6.10 Å². The van der Waals surface area contributed by atoms with Gasteiger partial charge in [-0.05, 0) is 28.0 Å². The van der Waals surface area contributed by atoms with Crippen LogP contribution in [0.25, 0.3) is 0 Å². The second-order valence-electron chi connectivity index (χ2n) is 7.41. The number of benzene rings is 1. The van der Waals surface area contributed by atoms with Gasteiger partial charge in [-0.1, -0.05) is 53.7 Å². The highest BCUT2D eigenvalue weighted by molar-refractivity contribution is 5.43. The maximum Gasteiger partial charge on any atom is 0.123 e. The zero-order valence-corrected chi connectivity index (χ0v) is 13.7. The van der Waals surface area contributed by atoms with Crippen LogP contribution in [0, 0.1) is 0 Å². The molecule has 114 valence electrons. The lowest BCUT2D eigenvalue weighted by molar-refractivity contribution is 0.113. The van der Waals surface area contributed by atoms with Gasteiger partial charge in [-0.2, -0.15) is 0 Å². The highest BCUT2D eigenvalue weighted by atomic mass is 16.5. The van der Waals surface area contributed by atoms with Crippen LogP contribution >= 0.6 is 0 Å². The maximum atomic E-state index is 9.55. The minimum atomic E-state index is -0.620. The predicted octanol–water partition coefficient (Wildman–Crippen LogP) is 2.98. The molecule has 3 nitrogen and oxygen atoms in total. The summed E-state index contributed by atoms with van der Waals surface area (Å²) in [5, 5.41) is 9.55. The van der Waals surface area contributed by atoms with Crippen molar-refractivity contribution in [3.63, 3.8) is 0 Å². The molecule has 1 rings (SSSR count). The Morgan fingerprint density at radius 1 is 1.10 bits per heavy atom. The van der Waals surface area contributed by atoms with Crippen LogP contribution in [0.15, 0.2) is 18.2 Å². The molecule has 0 aliphatic rings. The summed E-state index contributed by atoms with van der Waals surface area (Å²) in [6.07, 6.45) is -0.620. The SMILES string of the molecule is CC(C)(C)c1ccc(OCC(O)CN)c(C(C)(C)C)c1. The van der Waals surface area contributed by atoms with Crippen molar-refractivity contribution in [3.8, 4) is 5.75 Å². The van der Waals surface area contributed by atoms with Crippen molar-refractivity contribution in [2.45, 2.75) is 58.5 Å². The standard InChI is InChI=1S/C17H29NO2/c1-16(2,3)12-7-8-15(20-11-13(19)10-18)14(9-12)17(4,5)6/h7-9,13,19H,10-11,18H2,1-6H3. The molecular formula is C17H29NO2. The van der Waals surface area contributed by atoms with Gasteiger partial charge in [-0.3, -0.25) is 0 Å². The smallest absolute Gasteiger partial charge is 0.123 e. The summed E-state index contributed by atoms with van der Waals surface area (Å²) in [5.41, 5.74) is 7.96. The minimum absolute atomic E-state index is 0.00966. The van der Waals surface area contributed by atoms with Gasteiger partial charge in [0.1, 0.15) is 18.5 Å². The van der Waals surface area contributed by atoms with Crippen LogP contribution in [0.2, 0.25) is 0 Å². The molecule has 0 bridgehead atoms. The lowest BCUT2D eigenvalue weighted by Crippen LogP contribution is -2.27. The van der Waals surface area contributed by atoms with Gasteiger partial charge in [0.25, 0.3) is 0 Å². The molecule has 3 heteroatoms. The van der Waals surface area contributed by atoms with Crippen molar-refractivity contribution in [1.29, 1.82) is 0 Å². The van der Waals surface area contributed by atoms with E-state index in [2.05, 4.69) is 53.7 Å². The van der Waals surface area contributed by atoms with Crippen molar-refractivity contribution in [1.82, 2.24) is 0 Å². The van der Waals surface area contributed by atoms with E-state index in [0.29, 0.717) is 0 Å². The molecule has 0 aliphatic heterocycles. The van der Waals surface area contributed by atoms with Crippen LogP contribution < -0.4 is 10.5 Å². The Morgan fingerprint density at radius 2 is 1.70 bits per heavy atom. The van der Waals surface area contributed by atoms with E-state index in [-0.39, 0.29) is 24.0 Å². The largest absolute Gasteiger partial charge is 0.491 e. The topological polar surface area (TPSA) is 55.5 Å². The third-order valence-electron chi connectivity index (χ3n) is 3.36. The van der Waals surface area contributed by atoms with E-state index in [0.717, 1.165) is 11.3 Å². The normalized spacial score (nSPS) is 14.2. The van der Waals surface area contributed by atoms with Gasteiger partial charge >= 0.3 is 0 Å². The Kier molecular flexibility index (Phi) is 5.22. The maximum absolute atomic E-state index is 9.55. The molecule has 1 unspecified atom stereocenters. The fourth-order valence-electron chi connectivity index (χ4n) is 1.96. The van der Waals surface area contributed by atoms with Crippen LogP contribution in [0.5, 0.6) is 5.75 Å². The van der Waals surface area contributed by atoms with Crippen LogP contribution in [0.1, 0.15) is 52.7 Å². The fourth-order valence-corrected chi connectivity index (χ4v) is 1.96. The highest BCUT2D eigenvalue weighted by Crippen LogP contribution is 2.35. The first-order valence-corrected chi connectivity index (χ1v) is 7.21. The number of aliphatic hydroxyl groups excluding tert-OH is 1.